The van der Waals surface area contributed by atoms with Gasteiger partial charge in [0.25, 0.3) is 0 Å². The molecule has 0 unspecified atom stereocenters. The zero-order chi connectivity index (χ0) is 55.6. The van der Waals surface area contributed by atoms with Gasteiger partial charge in [0.05, 0.1) is 16.7 Å². The number of hydrogen-bond donors (Lipinski definition) is 0. The molecule has 0 aliphatic heterocycles. The van der Waals surface area contributed by atoms with Crippen LogP contribution >= 0.6 is 0 Å². The van der Waals surface area contributed by atoms with Gasteiger partial charge in [-0.2, -0.15) is 39.5 Å². The summed E-state index contributed by atoms with van der Waals surface area (Å²) in [5.74, 6) is -81.7. The summed E-state index contributed by atoms with van der Waals surface area (Å²) in [6.07, 6.45) is -27.3. The Balaban J connectivity index is 0.0000101. The normalized spacial score (nSPS) is 12.4. The van der Waals surface area contributed by atoms with Crippen molar-refractivity contribution in [2.75, 3.05) is 0 Å². The van der Waals surface area contributed by atoms with Gasteiger partial charge in [0, 0.05) is 0 Å². The largest absolute Gasteiger partial charge is 1.00 e. The maximum absolute atomic E-state index is 17.1. The van der Waals surface area contributed by atoms with Crippen LogP contribution in [0.25, 0.3) is 34.4 Å². The van der Waals surface area contributed by atoms with Gasteiger partial charge in [0.1, 0.15) is 69.4 Å². The Labute approximate surface area is 402 Å². The third-order valence-corrected chi connectivity index (χ3v) is 11.0. The first kappa shape index (κ1) is 58.3. The minimum atomic E-state index is -8.28. The number of halogens is 29. The topological polar surface area (TPSA) is 0 Å². The third kappa shape index (κ3) is 8.44. The van der Waals surface area contributed by atoms with E-state index in [1.807, 2.05) is 0 Å². The molecule has 0 aliphatic carbocycles. The van der Waals surface area contributed by atoms with Gasteiger partial charge in [-0.1, -0.05) is 25.3 Å². The van der Waals surface area contributed by atoms with Crippen molar-refractivity contribution in [3.8, 4) is 22.3 Å². The molecule has 31 heteroatoms. The quantitative estimate of drug-likeness (QED) is 0.0810. The third-order valence-electron chi connectivity index (χ3n) is 11.0. The maximum Gasteiger partial charge on any atom is 1.00 e. The van der Waals surface area contributed by atoms with Crippen molar-refractivity contribution in [1.29, 1.82) is 0 Å². The Bertz CT molecular complexity index is 3040. The molecule has 0 fully saturated rings. The molecule has 0 saturated carbocycles. The summed E-state index contributed by atoms with van der Waals surface area (Å²) in [4.78, 5) is 0. The Hall–Kier alpha value is -6.57. The standard InChI is InChI=1S/C43H9BF29.Li/c1-3-8-5-9(4-2)7-10(6-8)11-21(45)23(47)12(24(48)22(11)46)13-25(49)33(57)17(34(58)26(13)50)44(18-35(59)27(51)14(41(65,66)67)28(52)36(18)60,19-37(61)29(53)15(42(68,69)70)30(54)38(19)62)20-39(63)31(55)16(43(71,72)73)32(56)40(20)64;/h3-7H,1-2H2;/q-1;+1. The minimum absolute atomic E-state index is 0. The second-order valence-electron chi connectivity index (χ2n) is 14.8. The fraction of sp³-hybridized carbons (Fsp3) is 0.0698. The van der Waals surface area contributed by atoms with Gasteiger partial charge in [-0.3, -0.25) is 0 Å². The Morgan fingerprint density at radius 2 is 0.473 bits per heavy atom. The van der Waals surface area contributed by atoms with Gasteiger partial charge in [0.15, 0.2) is 69.8 Å². The first-order valence-corrected chi connectivity index (χ1v) is 18.5. The molecule has 0 amide bonds. The van der Waals surface area contributed by atoms with Crippen molar-refractivity contribution in [3.05, 3.63) is 176 Å². The van der Waals surface area contributed by atoms with Crippen LogP contribution in [0.2, 0.25) is 0 Å². The molecule has 0 bridgehead atoms. The average molecular weight is 1090 g/mol. The van der Waals surface area contributed by atoms with Crippen LogP contribution in [0.5, 0.6) is 0 Å². The van der Waals surface area contributed by atoms with Crippen LogP contribution in [-0.2, 0) is 18.5 Å². The van der Waals surface area contributed by atoms with Crippen LogP contribution in [0, 0.1) is 116 Å². The van der Waals surface area contributed by atoms with E-state index in [0.29, 0.717) is 12.1 Å². The zero-order valence-corrected chi connectivity index (χ0v) is 34.8. The van der Waals surface area contributed by atoms with Crippen molar-refractivity contribution in [3.63, 3.8) is 0 Å². The van der Waals surface area contributed by atoms with Crippen molar-refractivity contribution >= 4 is 40.1 Å². The van der Waals surface area contributed by atoms with E-state index in [4.69, 9.17) is 0 Å². The second kappa shape index (κ2) is 19.3. The van der Waals surface area contributed by atoms with Gasteiger partial charge in [-0.15, -0.1) is 21.9 Å². The van der Waals surface area contributed by atoms with E-state index >= 15 is 87.8 Å². The molecule has 0 heterocycles. The van der Waals surface area contributed by atoms with E-state index in [2.05, 4.69) is 13.2 Å². The minimum Gasteiger partial charge on any atom is -0.207 e. The summed E-state index contributed by atoms with van der Waals surface area (Å²) in [5.41, 5.74) is -39.1. The Morgan fingerprint density at radius 1 is 0.284 bits per heavy atom. The van der Waals surface area contributed by atoms with Crippen molar-refractivity contribution < 1.29 is 146 Å². The van der Waals surface area contributed by atoms with Gasteiger partial charge < -0.3 is 0 Å². The Morgan fingerprint density at radius 3 is 0.676 bits per heavy atom. The summed E-state index contributed by atoms with van der Waals surface area (Å²) in [6.45, 7) is 6.59. The van der Waals surface area contributed by atoms with Crippen LogP contribution in [0.1, 0.15) is 27.8 Å². The Kier molecular flexibility index (Phi) is 15.2. The van der Waals surface area contributed by atoms with E-state index in [9.17, 15) is 39.5 Å². The van der Waals surface area contributed by atoms with Crippen molar-refractivity contribution in [2.45, 2.75) is 18.5 Å². The SMILES string of the molecule is C=Cc1cc(C=C)cc(-c2c(F)c(F)c(-c3c(F)c(F)c([B-](c4c(F)c(F)c(C(F)(F)F)c(F)c4F)(c4c(F)c(F)c(C(F)(F)F)c(F)c4F)c4c(F)c(F)c(C(F)(F)F)c(F)c4F)c(F)c3F)c(F)c2F)c1.[Li+]. The van der Waals surface area contributed by atoms with E-state index in [1.165, 1.54) is 0 Å². The fourth-order valence-corrected chi connectivity index (χ4v) is 8.11. The van der Waals surface area contributed by atoms with Crippen LogP contribution in [0.3, 0.4) is 0 Å². The molecule has 0 aromatic heterocycles. The molecular formula is C43H9BF29Li. The fourth-order valence-electron chi connectivity index (χ4n) is 8.11. The molecule has 0 atom stereocenters. The first-order valence-electron chi connectivity index (χ1n) is 18.5. The van der Waals surface area contributed by atoms with E-state index < -0.39 is 202 Å². The number of alkyl halides is 9. The van der Waals surface area contributed by atoms with Crippen LogP contribution < -0.4 is 40.7 Å². The molecule has 6 aromatic carbocycles. The van der Waals surface area contributed by atoms with Gasteiger partial charge in [-0.05, 0) is 34.9 Å². The number of rotatable bonds is 8. The molecule has 0 spiro atoms. The maximum atomic E-state index is 17.1. The second-order valence-corrected chi connectivity index (χ2v) is 14.8. The predicted molar refractivity (Wildman–Crippen MR) is 195 cm³/mol. The molecular weight excluding hydrogens is 1090 g/mol. The van der Waals surface area contributed by atoms with Gasteiger partial charge >= 0.3 is 37.4 Å². The number of hydrogen-bond acceptors (Lipinski definition) is 0. The molecule has 6 aromatic rings. The summed E-state index contributed by atoms with van der Waals surface area (Å²) in [5, 5.41) is 0. The van der Waals surface area contributed by atoms with Crippen LogP contribution in [0.4, 0.5) is 127 Å². The summed E-state index contributed by atoms with van der Waals surface area (Å²) < 4.78 is 447. The van der Waals surface area contributed by atoms with Crippen LogP contribution in [-0.4, -0.2) is 6.15 Å². The summed E-state index contributed by atoms with van der Waals surface area (Å²) >= 11 is 0. The smallest absolute Gasteiger partial charge is 0.207 e. The molecule has 6 rings (SSSR count). The zero-order valence-electron chi connectivity index (χ0n) is 34.8. The van der Waals surface area contributed by atoms with Crippen LogP contribution in [0.15, 0.2) is 31.4 Å². The molecule has 0 saturated heterocycles. The summed E-state index contributed by atoms with van der Waals surface area (Å²) in [7, 11) is 0. The molecule has 388 valence electrons. The van der Waals surface area contributed by atoms with Crippen molar-refractivity contribution in [1.82, 2.24) is 0 Å². The van der Waals surface area contributed by atoms with E-state index in [-0.39, 0.29) is 30.0 Å². The van der Waals surface area contributed by atoms with Gasteiger partial charge in [0.2, 0.25) is 0 Å². The predicted octanol–water partition coefficient (Wildman–Crippen LogP) is 10.5. The molecule has 0 aliphatic rings. The molecule has 74 heavy (non-hydrogen) atoms. The monoisotopic (exact) mass is 1090 g/mol. The van der Waals surface area contributed by atoms with Crippen molar-refractivity contribution in [2.24, 2.45) is 0 Å². The molecule has 0 nitrogen and oxygen atoms in total. The molecule has 0 radical (unpaired) electrons. The first-order chi connectivity index (χ1) is 33.4. The average Bonchev–Trinajstić information content (AvgIpc) is 3.28. The molecule has 0 N–H and O–H groups in total. The van der Waals surface area contributed by atoms with E-state index in [0.717, 1.165) is 18.2 Å². The van der Waals surface area contributed by atoms with Gasteiger partial charge in [-0.25, -0.2) is 87.8 Å². The van der Waals surface area contributed by atoms with E-state index in [1.54, 1.807) is 0 Å². The number of benzene rings is 6. The summed E-state index contributed by atoms with van der Waals surface area (Å²) in [6, 6.07) is 2.50.